The van der Waals surface area contributed by atoms with E-state index in [1.54, 1.807) is 0 Å². The van der Waals surface area contributed by atoms with Crippen molar-refractivity contribution >= 4 is 94.6 Å². The van der Waals surface area contributed by atoms with E-state index < -0.39 is 12.1 Å². The van der Waals surface area contributed by atoms with Gasteiger partial charge in [0.25, 0.3) is 0 Å². The van der Waals surface area contributed by atoms with Gasteiger partial charge in [0.1, 0.15) is 0 Å². The third kappa shape index (κ3) is 13.0. The maximum absolute atomic E-state index is 9.60. The minimum atomic E-state index is -1.40. The SMILES string of the molecule is NCC(O)C(=O)O.[NaH].[NaH].[NaH]. The summed E-state index contributed by atoms with van der Waals surface area (Å²) in [7, 11) is 0. The minimum absolute atomic E-state index is 0. The molecule has 4 N–H and O–H groups in total. The topological polar surface area (TPSA) is 83.5 Å². The molecule has 10 heavy (non-hydrogen) atoms. The van der Waals surface area contributed by atoms with Gasteiger partial charge in [0.2, 0.25) is 0 Å². The fourth-order valence-electron chi connectivity index (χ4n) is 0.101. The molecule has 0 saturated carbocycles. The zero-order valence-electron chi connectivity index (χ0n) is 3.66. The van der Waals surface area contributed by atoms with E-state index in [0.717, 1.165) is 0 Å². The number of hydrogen-bond donors (Lipinski definition) is 3. The van der Waals surface area contributed by atoms with Gasteiger partial charge in [-0.05, 0) is 0 Å². The van der Waals surface area contributed by atoms with Crippen molar-refractivity contribution in [2.75, 3.05) is 6.54 Å². The molecule has 0 spiro atoms. The molecule has 4 nitrogen and oxygen atoms in total. The summed E-state index contributed by atoms with van der Waals surface area (Å²) < 4.78 is 0. The molecule has 1 unspecified atom stereocenters. The summed E-state index contributed by atoms with van der Waals surface area (Å²) >= 11 is 0. The number of carbonyl (C=O) groups is 1. The van der Waals surface area contributed by atoms with E-state index in [0.29, 0.717) is 0 Å². The zero-order valence-corrected chi connectivity index (χ0v) is 3.66. The summed E-state index contributed by atoms with van der Waals surface area (Å²) in [6.45, 7) is -0.227. The van der Waals surface area contributed by atoms with Crippen LogP contribution in [-0.2, 0) is 4.79 Å². The Labute approximate surface area is 126 Å². The van der Waals surface area contributed by atoms with E-state index in [1.807, 2.05) is 0 Å². The van der Waals surface area contributed by atoms with Crippen molar-refractivity contribution in [3.05, 3.63) is 0 Å². The van der Waals surface area contributed by atoms with E-state index in [-0.39, 0.29) is 95.2 Å². The second-order valence-corrected chi connectivity index (χ2v) is 1.09. The molecule has 0 amide bonds. The van der Waals surface area contributed by atoms with Gasteiger partial charge in [0, 0.05) is 6.54 Å². The van der Waals surface area contributed by atoms with Gasteiger partial charge in [-0.15, -0.1) is 0 Å². The molecule has 0 heterocycles. The van der Waals surface area contributed by atoms with Gasteiger partial charge in [-0.2, -0.15) is 0 Å². The number of rotatable bonds is 2. The third-order valence-corrected chi connectivity index (χ3v) is 0.508. The summed E-state index contributed by atoms with van der Waals surface area (Å²) in [5.74, 6) is -1.28. The monoisotopic (exact) mass is 177 g/mol. The summed E-state index contributed by atoms with van der Waals surface area (Å²) in [4.78, 5) is 9.60. The van der Waals surface area contributed by atoms with E-state index in [1.165, 1.54) is 0 Å². The van der Waals surface area contributed by atoms with Crippen LogP contribution in [-0.4, -0.2) is 118 Å². The molecule has 0 radical (unpaired) electrons. The summed E-state index contributed by atoms with van der Waals surface area (Å²) in [6, 6.07) is 0. The molecule has 0 aromatic heterocycles. The van der Waals surface area contributed by atoms with Crippen LogP contribution in [0.3, 0.4) is 0 Å². The Hall–Kier alpha value is 2.39. The van der Waals surface area contributed by atoms with Crippen LogP contribution in [0.2, 0.25) is 0 Å². The quantitative estimate of drug-likeness (QED) is 0.381. The molecular weight excluding hydrogens is 167 g/mol. The zero-order chi connectivity index (χ0) is 5.86. The second kappa shape index (κ2) is 13.9. The van der Waals surface area contributed by atoms with Gasteiger partial charge in [0.15, 0.2) is 6.10 Å². The number of hydrogen-bond acceptors (Lipinski definition) is 3. The van der Waals surface area contributed by atoms with Gasteiger partial charge in [-0.25, -0.2) is 4.79 Å². The molecule has 48 valence electrons. The van der Waals surface area contributed by atoms with Crippen molar-refractivity contribution in [2.24, 2.45) is 5.73 Å². The number of nitrogens with two attached hydrogens (primary N) is 1. The Morgan fingerprint density at radius 3 is 1.70 bits per heavy atom. The average Bonchev–Trinajstić information content (AvgIpc) is 1.65. The number of carboxylic acid groups (broad SMARTS) is 1. The molecule has 0 aliphatic heterocycles. The molecule has 0 aromatic rings. The normalized spacial score (nSPS) is 9.40. The Bertz CT molecular complexity index is 81.4. The predicted octanol–water partition coefficient (Wildman–Crippen LogP) is -3.55. The van der Waals surface area contributed by atoms with Crippen LogP contribution in [0, 0.1) is 0 Å². The van der Waals surface area contributed by atoms with E-state index in [2.05, 4.69) is 0 Å². The van der Waals surface area contributed by atoms with Crippen LogP contribution >= 0.6 is 0 Å². The molecular formula is C3H10NNa3O3. The van der Waals surface area contributed by atoms with Crippen molar-refractivity contribution in [2.45, 2.75) is 6.10 Å². The maximum atomic E-state index is 9.60. The van der Waals surface area contributed by atoms with Crippen molar-refractivity contribution in [1.29, 1.82) is 0 Å². The van der Waals surface area contributed by atoms with E-state index >= 15 is 0 Å². The first-order valence-corrected chi connectivity index (χ1v) is 1.79. The van der Waals surface area contributed by atoms with Gasteiger partial charge in [-0.1, -0.05) is 0 Å². The van der Waals surface area contributed by atoms with Crippen LogP contribution < -0.4 is 5.73 Å². The molecule has 0 aliphatic rings. The molecule has 1 atom stereocenters. The fourth-order valence-corrected chi connectivity index (χ4v) is 0.101. The molecule has 0 bridgehead atoms. The first-order valence-electron chi connectivity index (χ1n) is 1.79. The first-order chi connectivity index (χ1) is 3.18. The number of carboxylic acids is 1. The summed E-state index contributed by atoms with van der Waals surface area (Å²) in [5.41, 5.74) is 4.74. The van der Waals surface area contributed by atoms with Gasteiger partial charge >= 0.3 is 94.6 Å². The van der Waals surface area contributed by atoms with Crippen LogP contribution in [0.1, 0.15) is 0 Å². The number of aliphatic hydroxyl groups is 1. The summed E-state index contributed by atoms with van der Waals surface area (Å²) in [6.07, 6.45) is -1.40. The third-order valence-electron chi connectivity index (χ3n) is 0.508. The van der Waals surface area contributed by atoms with Crippen LogP contribution in [0.25, 0.3) is 0 Å². The number of aliphatic carboxylic acids is 1. The van der Waals surface area contributed by atoms with Crippen molar-refractivity contribution in [3.8, 4) is 0 Å². The van der Waals surface area contributed by atoms with Crippen LogP contribution in [0.4, 0.5) is 0 Å². The van der Waals surface area contributed by atoms with Gasteiger partial charge in [0.05, 0.1) is 0 Å². The molecule has 0 aromatic carbocycles. The van der Waals surface area contributed by atoms with Crippen LogP contribution in [0.15, 0.2) is 0 Å². The molecule has 0 fully saturated rings. The Morgan fingerprint density at radius 2 is 1.70 bits per heavy atom. The molecule has 7 heteroatoms. The molecule has 0 saturated heterocycles. The average molecular weight is 177 g/mol. The Morgan fingerprint density at radius 1 is 1.40 bits per heavy atom. The van der Waals surface area contributed by atoms with Gasteiger partial charge < -0.3 is 15.9 Å². The van der Waals surface area contributed by atoms with Crippen molar-refractivity contribution < 1.29 is 15.0 Å². The van der Waals surface area contributed by atoms with Crippen LogP contribution in [0.5, 0.6) is 0 Å². The van der Waals surface area contributed by atoms with Crippen molar-refractivity contribution in [3.63, 3.8) is 0 Å². The summed E-state index contributed by atoms with van der Waals surface area (Å²) in [5, 5.41) is 16.1. The fraction of sp³-hybridized carbons (Fsp3) is 0.667. The first kappa shape index (κ1) is 22.8. The Balaban J connectivity index is -0.0000000600. The molecule has 0 aliphatic carbocycles. The second-order valence-electron chi connectivity index (χ2n) is 1.09. The number of aliphatic hydroxyl groups excluding tert-OH is 1. The van der Waals surface area contributed by atoms with E-state index in [9.17, 15) is 4.79 Å². The van der Waals surface area contributed by atoms with E-state index in [4.69, 9.17) is 15.9 Å². The van der Waals surface area contributed by atoms with Gasteiger partial charge in [-0.3, -0.25) is 0 Å². The standard InChI is InChI=1S/C3H7NO3.3Na.3H/c4-1-2(5)3(6)7;;;;;;/h2,5H,1,4H2,(H,6,7);;;;;;. The Kier molecular flexibility index (Phi) is 31.8. The molecule has 0 rings (SSSR count). The van der Waals surface area contributed by atoms with Crippen molar-refractivity contribution in [1.82, 2.24) is 0 Å². The predicted molar refractivity (Wildman–Crippen MR) is 44.1 cm³/mol.